The van der Waals surface area contributed by atoms with Crippen LogP contribution in [0.25, 0.3) is 0 Å². The molecule has 1 heterocycles. The summed E-state index contributed by atoms with van der Waals surface area (Å²) in [7, 11) is 0. The fourth-order valence-corrected chi connectivity index (χ4v) is 2.28. The number of nitrogens with one attached hydrogen (secondary N) is 1. The molecule has 0 spiro atoms. The van der Waals surface area contributed by atoms with E-state index in [0.717, 1.165) is 0 Å². The maximum Gasteiger partial charge on any atom is 0.258 e. The van der Waals surface area contributed by atoms with Gasteiger partial charge in [0.15, 0.2) is 0 Å². The lowest BCUT2D eigenvalue weighted by atomic mass is 10.2. The van der Waals surface area contributed by atoms with Crippen LogP contribution in [-0.4, -0.2) is 10.9 Å². The zero-order valence-corrected chi connectivity index (χ0v) is 12.3. The van der Waals surface area contributed by atoms with Gasteiger partial charge in [-0.3, -0.25) is 4.79 Å². The van der Waals surface area contributed by atoms with Gasteiger partial charge in [0.1, 0.15) is 5.15 Å². The van der Waals surface area contributed by atoms with Crippen molar-refractivity contribution >= 4 is 58.0 Å². The Kier molecular flexibility index (Phi) is 4.53. The number of nitrogens with zero attached hydrogens (tertiary/aromatic N) is 1. The molecular formula is C12H6Cl4N2O. The Morgan fingerprint density at radius 1 is 0.947 bits per heavy atom. The zero-order chi connectivity index (χ0) is 14.0. The molecule has 2 rings (SSSR count). The molecule has 1 N–H and O–H groups in total. The molecule has 0 aliphatic rings. The van der Waals surface area contributed by atoms with Crippen LogP contribution < -0.4 is 5.32 Å². The largest absolute Gasteiger partial charge is 0.322 e. The van der Waals surface area contributed by atoms with Crippen LogP contribution in [-0.2, 0) is 0 Å². The van der Waals surface area contributed by atoms with Gasteiger partial charge in [0.25, 0.3) is 5.91 Å². The fourth-order valence-electron chi connectivity index (χ4n) is 1.41. The number of amides is 1. The summed E-state index contributed by atoms with van der Waals surface area (Å²) in [6.07, 6.45) is 1.36. The first-order valence-electron chi connectivity index (χ1n) is 5.04. The average Bonchev–Trinajstić information content (AvgIpc) is 2.30. The summed E-state index contributed by atoms with van der Waals surface area (Å²) in [6.45, 7) is 0. The van der Waals surface area contributed by atoms with Crippen molar-refractivity contribution in [2.45, 2.75) is 0 Å². The van der Waals surface area contributed by atoms with Gasteiger partial charge in [-0.25, -0.2) is 4.98 Å². The van der Waals surface area contributed by atoms with E-state index >= 15 is 0 Å². The van der Waals surface area contributed by atoms with Gasteiger partial charge in [-0.15, -0.1) is 0 Å². The van der Waals surface area contributed by atoms with Crippen LogP contribution in [0.15, 0.2) is 30.5 Å². The molecule has 0 fully saturated rings. The van der Waals surface area contributed by atoms with Crippen LogP contribution in [0.4, 0.5) is 5.69 Å². The monoisotopic (exact) mass is 334 g/mol. The van der Waals surface area contributed by atoms with Crippen molar-refractivity contribution in [3.63, 3.8) is 0 Å². The molecule has 1 aromatic heterocycles. The zero-order valence-electron chi connectivity index (χ0n) is 9.25. The van der Waals surface area contributed by atoms with Crippen molar-refractivity contribution in [3.05, 3.63) is 56.2 Å². The van der Waals surface area contributed by atoms with Gasteiger partial charge >= 0.3 is 0 Å². The summed E-state index contributed by atoms with van der Waals surface area (Å²) < 4.78 is 0. The van der Waals surface area contributed by atoms with E-state index in [1.807, 2.05) is 0 Å². The van der Waals surface area contributed by atoms with Gasteiger partial charge in [0.05, 0.1) is 10.6 Å². The Morgan fingerprint density at radius 3 is 2.21 bits per heavy atom. The third-order valence-corrected chi connectivity index (χ3v) is 3.12. The number of pyridine rings is 1. The minimum atomic E-state index is -0.446. The highest BCUT2D eigenvalue weighted by Crippen LogP contribution is 2.24. The van der Waals surface area contributed by atoms with Gasteiger partial charge in [0, 0.05) is 21.9 Å². The molecule has 0 aliphatic heterocycles. The van der Waals surface area contributed by atoms with E-state index in [1.54, 1.807) is 18.2 Å². The molecule has 1 aromatic carbocycles. The van der Waals surface area contributed by atoms with Crippen LogP contribution in [0.5, 0.6) is 0 Å². The summed E-state index contributed by atoms with van der Waals surface area (Å²) in [5, 5.41) is 3.83. The third kappa shape index (κ3) is 3.74. The van der Waals surface area contributed by atoms with E-state index in [4.69, 9.17) is 46.4 Å². The Morgan fingerprint density at radius 2 is 1.58 bits per heavy atom. The quantitative estimate of drug-likeness (QED) is 0.789. The first-order chi connectivity index (χ1) is 8.95. The highest BCUT2D eigenvalue weighted by Gasteiger charge is 2.13. The minimum absolute atomic E-state index is 0.0648. The molecule has 1 amide bonds. The number of rotatable bonds is 2. The Bertz CT molecular complexity index is 625. The van der Waals surface area contributed by atoms with E-state index in [9.17, 15) is 4.79 Å². The second-order valence-electron chi connectivity index (χ2n) is 3.60. The molecule has 0 atom stereocenters. The number of carbonyl (C=O) groups excluding carboxylic acids is 1. The maximum atomic E-state index is 12.0. The SMILES string of the molecule is O=C(Nc1cc(Cl)cc(Cl)c1)c1cc(Cl)cnc1Cl. The summed E-state index contributed by atoms with van der Waals surface area (Å²) in [5.41, 5.74) is 0.629. The Hall–Kier alpha value is -1.00. The Balaban J connectivity index is 2.28. The van der Waals surface area contributed by atoms with Crippen molar-refractivity contribution in [1.82, 2.24) is 4.98 Å². The molecule has 0 radical (unpaired) electrons. The lowest BCUT2D eigenvalue weighted by molar-refractivity contribution is 0.102. The number of aromatic nitrogens is 1. The van der Waals surface area contributed by atoms with Gasteiger partial charge < -0.3 is 5.32 Å². The second kappa shape index (κ2) is 5.97. The number of carbonyl (C=O) groups is 1. The van der Waals surface area contributed by atoms with Crippen LogP contribution in [0, 0.1) is 0 Å². The van der Waals surface area contributed by atoms with E-state index in [2.05, 4.69) is 10.3 Å². The number of hydrogen-bond acceptors (Lipinski definition) is 2. The first kappa shape index (κ1) is 14.4. The molecule has 19 heavy (non-hydrogen) atoms. The third-order valence-electron chi connectivity index (χ3n) is 2.17. The lowest BCUT2D eigenvalue weighted by Crippen LogP contribution is -2.13. The molecule has 98 valence electrons. The number of benzene rings is 1. The average molecular weight is 336 g/mol. The lowest BCUT2D eigenvalue weighted by Gasteiger charge is -2.07. The molecule has 0 saturated heterocycles. The van der Waals surface area contributed by atoms with E-state index in [1.165, 1.54) is 12.3 Å². The maximum absolute atomic E-state index is 12.0. The van der Waals surface area contributed by atoms with Gasteiger partial charge in [0.2, 0.25) is 0 Å². The summed E-state index contributed by atoms with van der Waals surface area (Å²) in [5.74, 6) is -0.446. The van der Waals surface area contributed by atoms with E-state index in [0.29, 0.717) is 20.8 Å². The molecule has 0 aliphatic carbocycles. The summed E-state index contributed by atoms with van der Waals surface area (Å²) in [4.78, 5) is 15.8. The van der Waals surface area contributed by atoms with Gasteiger partial charge in [-0.05, 0) is 24.3 Å². The van der Waals surface area contributed by atoms with Gasteiger partial charge in [-0.1, -0.05) is 46.4 Å². The van der Waals surface area contributed by atoms with Crippen LogP contribution in [0.3, 0.4) is 0 Å². The normalized spacial score (nSPS) is 10.3. The predicted molar refractivity (Wildman–Crippen MR) is 78.7 cm³/mol. The predicted octanol–water partition coefficient (Wildman–Crippen LogP) is 4.95. The second-order valence-corrected chi connectivity index (χ2v) is 5.27. The van der Waals surface area contributed by atoms with E-state index < -0.39 is 5.91 Å². The molecule has 3 nitrogen and oxygen atoms in total. The standard InChI is InChI=1S/C12H6Cl4N2O/c13-6-1-7(14)3-9(2-6)18-12(19)10-4-8(15)5-17-11(10)16/h1-5H,(H,18,19). The van der Waals surface area contributed by atoms with Crippen molar-refractivity contribution in [2.24, 2.45) is 0 Å². The van der Waals surface area contributed by atoms with Gasteiger partial charge in [-0.2, -0.15) is 0 Å². The van der Waals surface area contributed by atoms with E-state index in [-0.39, 0.29) is 10.7 Å². The van der Waals surface area contributed by atoms with Crippen molar-refractivity contribution in [3.8, 4) is 0 Å². The number of hydrogen-bond donors (Lipinski definition) is 1. The Labute approximate surface area is 129 Å². The smallest absolute Gasteiger partial charge is 0.258 e. The number of halogens is 4. The van der Waals surface area contributed by atoms with Crippen molar-refractivity contribution in [2.75, 3.05) is 5.32 Å². The minimum Gasteiger partial charge on any atom is -0.322 e. The first-order valence-corrected chi connectivity index (χ1v) is 6.55. The molecule has 7 heteroatoms. The topological polar surface area (TPSA) is 42.0 Å². The van der Waals surface area contributed by atoms with Crippen LogP contribution in [0.1, 0.15) is 10.4 Å². The molecule has 2 aromatic rings. The van der Waals surface area contributed by atoms with Crippen LogP contribution >= 0.6 is 46.4 Å². The fraction of sp³-hybridized carbons (Fsp3) is 0. The molecular weight excluding hydrogens is 330 g/mol. The van der Waals surface area contributed by atoms with Crippen molar-refractivity contribution in [1.29, 1.82) is 0 Å². The highest BCUT2D eigenvalue weighted by molar-refractivity contribution is 6.36. The summed E-state index contributed by atoms with van der Waals surface area (Å²) >= 11 is 23.3. The highest BCUT2D eigenvalue weighted by atomic mass is 35.5. The molecule has 0 unspecified atom stereocenters. The van der Waals surface area contributed by atoms with Crippen molar-refractivity contribution < 1.29 is 4.79 Å². The molecule has 0 saturated carbocycles. The van der Waals surface area contributed by atoms with Crippen LogP contribution in [0.2, 0.25) is 20.2 Å². The number of anilines is 1. The summed E-state index contributed by atoms with van der Waals surface area (Å²) in [6, 6.07) is 6.12. The molecule has 0 bridgehead atoms.